The average Bonchev–Trinajstić information content (AvgIpc) is 3.54. The van der Waals surface area contributed by atoms with Crippen LogP contribution in [0.4, 0.5) is 29.5 Å². The first-order chi connectivity index (χ1) is 18.7. The van der Waals surface area contributed by atoms with Gasteiger partial charge in [0.1, 0.15) is 5.69 Å². The summed E-state index contributed by atoms with van der Waals surface area (Å²) in [4.78, 5) is 17.3. The van der Waals surface area contributed by atoms with E-state index < -0.39 is 33.1 Å². The number of aromatic amines is 1. The molecule has 3 N–H and O–H groups in total. The summed E-state index contributed by atoms with van der Waals surface area (Å²) < 4.78 is 70.6. The molecule has 0 atom stereocenters. The first-order valence-corrected chi connectivity index (χ1v) is 15.3. The first-order valence-electron chi connectivity index (χ1n) is 12.9. The molecule has 1 fully saturated rings. The number of carbonyl (C=O) groups is 1. The van der Waals surface area contributed by atoms with E-state index in [2.05, 4.69) is 20.7 Å². The number of halogens is 3. The van der Waals surface area contributed by atoms with E-state index in [1.165, 1.54) is 17.4 Å². The van der Waals surface area contributed by atoms with Crippen molar-refractivity contribution in [2.45, 2.75) is 87.8 Å². The van der Waals surface area contributed by atoms with Crippen LogP contribution in [-0.4, -0.2) is 47.1 Å². The van der Waals surface area contributed by atoms with Crippen LogP contribution in [0.1, 0.15) is 70.0 Å². The second-order valence-corrected chi connectivity index (χ2v) is 13.8. The Morgan fingerprint density at radius 1 is 1.12 bits per heavy atom. The highest BCUT2D eigenvalue weighted by atomic mass is 32.2. The highest BCUT2D eigenvalue weighted by Crippen LogP contribution is 2.41. The molecular weight excluding hydrogens is 567 g/mol. The number of sulfone groups is 1. The number of H-pyrrole nitrogens is 1. The third-order valence-electron chi connectivity index (χ3n) is 6.59. The van der Waals surface area contributed by atoms with Gasteiger partial charge in [-0.3, -0.25) is 5.10 Å². The summed E-state index contributed by atoms with van der Waals surface area (Å²) in [5, 5.41) is 11.4. The Bertz CT molecular complexity index is 1440. The Morgan fingerprint density at radius 3 is 2.42 bits per heavy atom. The van der Waals surface area contributed by atoms with Crippen molar-refractivity contribution in [3.63, 3.8) is 0 Å². The SMILES string of the molecule is CC(C)OC(=O)N[C@H]1CC[C@H](c2ncc(-c3ccc(Nc4cc(C(F)(F)F)[nH]n4)cc3S(=O)(=O)C(C)C)s2)CC1. The molecule has 0 saturated heterocycles. The molecule has 0 spiro atoms. The van der Waals surface area contributed by atoms with Gasteiger partial charge in [-0.25, -0.2) is 18.2 Å². The van der Waals surface area contributed by atoms with E-state index in [0.29, 0.717) is 10.4 Å². The van der Waals surface area contributed by atoms with Crippen LogP contribution in [0, 0.1) is 0 Å². The van der Waals surface area contributed by atoms with Crippen molar-refractivity contribution in [3.8, 4) is 10.4 Å². The number of anilines is 2. The van der Waals surface area contributed by atoms with E-state index in [1.54, 1.807) is 46.0 Å². The summed E-state index contributed by atoms with van der Waals surface area (Å²) in [7, 11) is -3.75. The maximum atomic E-state index is 13.3. The molecule has 0 aliphatic heterocycles. The summed E-state index contributed by atoms with van der Waals surface area (Å²) in [5.41, 5.74) is -0.248. The molecule has 14 heteroatoms. The van der Waals surface area contributed by atoms with Gasteiger partial charge in [0.15, 0.2) is 15.7 Å². The normalized spacial score (nSPS) is 18.2. The highest BCUT2D eigenvalue weighted by Gasteiger charge is 2.33. The molecule has 1 amide bonds. The van der Waals surface area contributed by atoms with Crippen LogP contribution in [0.5, 0.6) is 0 Å². The quantitative estimate of drug-likeness (QED) is 0.265. The van der Waals surface area contributed by atoms with Crippen molar-refractivity contribution in [2.24, 2.45) is 0 Å². The van der Waals surface area contributed by atoms with Gasteiger partial charge in [-0.05, 0) is 65.5 Å². The van der Waals surface area contributed by atoms with Gasteiger partial charge in [-0.2, -0.15) is 18.3 Å². The third-order valence-corrected chi connectivity index (χ3v) is 9.98. The third kappa shape index (κ3) is 6.95. The Kier molecular flexibility index (Phi) is 8.78. The summed E-state index contributed by atoms with van der Waals surface area (Å²) in [5.74, 6) is 0.0992. The summed E-state index contributed by atoms with van der Waals surface area (Å²) in [6.45, 7) is 6.74. The van der Waals surface area contributed by atoms with Gasteiger partial charge in [0.25, 0.3) is 0 Å². The number of aromatic nitrogens is 3. The minimum atomic E-state index is -4.58. The zero-order chi connectivity index (χ0) is 29.2. The van der Waals surface area contributed by atoms with Crippen LogP contribution >= 0.6 is 11.3 Å². The lowest BCUT2D eigenvalue weighted by molar-refractivity contribution is -0.141. The van der Waals surface area contributed by atoms with Crippen LogP contribution < -0.4 is 10.6 Å². The summed E-state index contributed by atoms with van der Waals surface area (Å²) >= 11 is 1.42. The molecule has 2 aromatic heterocycles. The van der Waals surface area contributed by atoms with Crippen LogP contribution in [-0.2, 0) is 20.8 Å². The lowest BCUT2D eigenvalue weighted by atomic mass is 9.86. The van der Waals surface area contributed by atoms with Crippen molar-refractivity contribution in [3.05, 3.63) is 41.2 Å². The van der Waals surface area contributed by atoms with Crippen LogP contribution in [0.3, 0.4) is 0 Å². The number of hydrogen-bond donors (Lipinski definition) is 3. The smallest absolute Gasteiger partial charge is 0.432 e. The predicted octanol–water partition coefficient (Wildman–Crippen LogP) is 6.64. The molecule has 218 valence electrons. The van der Waals surface area contributed by atoms with Crippen LogP contribution in [0.25, 0.3) is 10.4 Å². The minimum Gasteiger partial charge on any atom is -0.447 e. The van der Waals surface area contributed by atoms with Crippen molar-refractivity contribution < 1.29 is 31.1 Å². The number of benzene rings is 1. The zero-order valence-electron chi connectivity index (χ0n) is 22.5. The molecular formula is C26H32F3N5O4S2. The maximum absolute atomic E-state index is 13.3. The van der Waals surface area contributed by atoms with Gasteiger partial charge in [0.2, 0.25) is 0 Å². The molecule has 1 aromatic carbocycles. The molecule has 1 aliphatic carbocycles. The molecule has 40 heavy (non-hydrogen) atoms. The van der Waals surface area contributed by atoms with Crippen molar-refractivity contribution in [1.82, 2.24) is 20.5 Å². The Hall–Kier alpha value is -3.13. The zero-order valence-corrected chi connectivity index (χ0v) is 24.1. The molecule has 0 bridgehead atoms. The fourth-order valence-electron chi connectivity index (χ4n) is 4.47. The highest BCUT2D eigenvalue weighted by molar-refractivity contribution is 7.92. The topological polar surface area (TPSA) is 126 Å². The second kappa shape index (κ2) is 11.8. The van der Waals surface area contributed by atoms with E-state index >= 15 is 0 Å². The molecule has 0 unspecified atom stereocenters. The van der Waals surface area contributed by atoms with E-state index in [-0.39, 0.29) is 34.5 Å². The number of amides is 1. The number of hydrogen-bond acceptors (Lipinski definition) is 8. The number of ether oxygens (including phenoxy) is 1. The van der Waals surface area contributed by atoms with E-state index in [1.807, 2.05) is 5.10 Å². The fraction of sp³-hybridized carbons (Fsp3) is 0.500. The predicted molar refractivity (Wildman–Crippen MR) is 146 cm³/mol. The van der Waals surface area contributed by atoms with Crippen LogP contribution in [0.15, 0.2) is 35.4 Å². The van der Waals surface area contributed by atoms with E-state index in [9.17, 15) is 26.4 Å². The number of nitrogens with zero attached hydrogens (tertiary/aromatic N) is 2. The molecule has 1 aliphatic rings. The number of rotatable bonds is 8. The minimum absolute atomic E-state index is 0.0338. The Morgan fingerprint density at radius 2 is 1.82 bits per heavy atom. The van der Waals surface area contributed by atoms with Gasteiger partial charge < -0.3 is 15.4 Å². The van der Waals surface area contributed by atoms with Crippen LogP contribution in [0.2, 0.25) is 0 Å². The number of carbonyl (C=O) groups excluding carboxylic acids is 1. The molecule has 9 nitrogen and oxygen atoms in total. The van der Waals surface area contributed by atoms with Gasteiger partial charge in [-0.15, -0.1) is 11.3 Å². The van der Waals surface area contributed by atoms with Crippen molar-refractivity contribution in [1.29, 1.82) is 0 Å². The first kappa shape index (κ1) is 29.8. The molecule has 4 rings (SSSR count). The number of alkyl carbamates (subject to hydrolysis) is 1. The van der Waals surface area contributed by atoms with Crippen molar-refractivity contribution >= 4 is 38.8 Å². The van der Waals surface area contributed by atoms with Crippen molar-refractivity contribution in [2.75, 3.05) is 5.32 Å². The molecule has 2 heterocycles. The molecule has 0 radical (unpaired) electrons. The number of alkyl halides is 3. The molecule has 3 aromatic rings. The van der Waals surface area contributed by atoms with Gasteiger partial charge in [-0.1, -0.05) is 6.07 Å². The largest absolute Gasteiger partial charge is 0.447 e. The summed E-state index contributed by atoms with van der Waals surface area (Å²) in [6, 6.07) is 5.50. The summed E-state index contributed by atoms with van der Waals surface area (Å²) in [6.07, 6.45) is -0.316. The second-order valence-electron chi connectivity index (χ2n) is 10.3. The lowest BCUT2D eigenvalue weighted by Crippen LogP contribution is -2.38. The van der Waals surface area contributed by atoms with Gasteiger partial charge in [0, 0.05) is 35.5 Å². The average molecular weight is 600 g/mol. The number of nitrogens with one attached hydrogen (secondary N) is 3. The van der Waals surface area contributed by atoms with Gasteiger partial charge >= 0.3 is 12.3 Å². The molecule has 1 saturated carbocycles. The van der Waals surface area contributed by atoms with E-state index in [4.69, 9.17) is 4.74 Å². The number of thiazole rings is 1. The Balaban J connectivity index is 1.53. The maximum Gasteiger partial charge on any atom is 0.432 e. The monoisotopic (exact) mass is 599 g/mol. The van der Waals surface area contributed by atoms with E-state index in [0.717, 1.165) is 36.8 Å². The van der Waals surface area contributed by atoms with Gasteiger partial charge in [0.05, 0.1) is 26.1 Å². The fourth-order valence-corrected chi connectivity index (χ4v) is 6.95. The Labute approximate surface area is 234 Å². The standard InChI is InChI=1S/C26H32F3N5O4S2/c1-14(2)38-25(35)32-17-7-5-16(6-8-17)24-30-13-20(39-24)19-10-9-18(11-21(19)40(36,37)15(3)4)31-23-12-22(33-34-23)26(27,28)29/h9-17H,5-8H2,1-4H3,(H,32,35)(H2,31,33,34)/t16-,17-. The lowest BCUT2D eigenvalue weighted by Gasteiger charge is -2.28.